The summed E-state index contributed by atoms with van der Waals surface area (Å²) in [7, 11) is 0. The quantitative estimate of drug-likeness (QED) is 0.406. The Morgan fingerprint density at radius 2 is 1.38 bits per heavy atom. The molecule has 0 amide bonds. The summed E-state index contributed by atoms with van der Waals surface area (Å²) in [4.78, 5) is 0. The molecule has 2 heteroatoms. The Kier molecular flexibility index (Phi) is 181. The molecule has 0 bridgehead atoms. The van der Waals surface area contributed by atoms with Gasteiger partial charge in [-0.05, 0) is 0 Å². The number of rotatable bonds is 1. The van der Waals surface area contributed by atoms with Crippen LogP contribution in [-0.4, -0.2) is 18.9 Å². The minimum absolute atomic E-state index is 0. The molecule has 0 unspecified atom stereocenters. The molecule has 0 aliphatic rings. The molecule has 0 fully saturated rings. The summed E-state index contributed by atoms with van der Waals surface area (Å²) in [6.07, 6.45) is 2.28. The molecule has 0 rings (SSSR count). The van der Waals surface area contributed by atoms with Crippen molar-refractivity contribution in [3.8, 4) is 0 Å². The van der Waals surface area contributed by atoms with Crippen LogP contribution in [0.3, 0.4) is 0 Å². The second-order valence-electron chi connectivity index (χ2n) is 0.854. The zero-order valence-corrected chi connectivity index (χ0v) is 9.80. The second kappa shape index (κ2) is 41.3. The first-order valence-electron chi connectivity index (χ1n) is 1.71. The molecule has 0 N–H and O–H groups in total. The van der Waals surface area contributed by atoms with E-state index in [0.29, 0.717) is 0 Å². The first kappa shape index (κ1) is 35.0. The van der Waals surface area contributed by atoms with E-state index in [9.17, 15) is 0 Å². The Morgan fingerprint density at radius 3 is 1.38 bits per heavy atom. The van der Waals surface area contributed by atoms with E-state index >= 15 is 0 Å². The summed E-state index contributed by atoms with van der Waals surface area (Å²) in [5.41, 5.74) is 0. The normalized spacial score (nSPS) is 3.75. The fraction of sp³-hybridized carbons (Fsp3) is 0.500. The Morgan fingerprint density at radius 1 is 1.25 bits per heavy atom. The first-order chi connectivity index (χ1) is 1.91. The van der Waals surface area contributed by atoms with E-state index in [1.807, 2.05) is 0 Å². The van der Waals surface area contributed by atoms with E-state index in [1.165, 1.54) is 6.42 Å². The third-order valence-electron chi connectivity index (χ3n) is 0.354. The SMILES string of the molecule is [CH2-]CCC.[CH3-].[CH3-].[Li].[Zn]. The average molecular weight is 160 g/mol. The maximum absolute atomic E-state index is 3.60. The van der Waals surface area contributed by atoms with Crippen molar-refractivity contribution < 1.29 is 19.5 Å². The maximum atomic E-state index is 3.60. The van der Waals surface area contributed by atoms with Crippen LogP contribution in [0.2, 0.25) is 0 Å². The van der Waals surface area contributed by atoms with Crippen LogP contribution in [0.1, 0.15) is 19.8 Å². The zero-order valence-electron chi connectivity index (χ0n) is 6.83. The standard InChI is InChI=1S/C4H9.2CH3.Li.Zn/c1-3-4-2;;;;/h1,3-4H2,2H3;2*1H3;;/q3*-1;;. The van der Waals surface area contributed by atoms with Crippen LogP contribution < -0.4 is 0 Å². The summed E-state index contributed by atoms with van der Waals surface area (Å²) in [5.74, 6) is 0. The minimum atomic E-state index is 0. The third kappa shape index (κ3) is 56.7. The molecule has 0 atom stereocenters. The van der Waals surface area contributed by atoms with Gasteiger partial charge in [-0.25, -0.2) is 0 Å². The minimum Gasteiger partial charge on any atom is -0.358 e. The molecular formula is C6H15LiZn-3. The van der Waals surface area contributed by atoms with Gasteiger partial charge in [0, 0.05) is 38.3 Å². The molecule has 0 saturated carbocycles. The molecule has 1 radical (unpaired) electrons. The van der Waals surface area contributed by atoms with Gasteiger partial charge < -0.3 is 21.8 Å². The van der Waals surface area contributed by atoms with Gasteiger partial charge in [0.25, 0.3) is 0 Å². The monoisotopic (exact) mass is 158 g/mol. The molecule has 0 aliphatic heterocycles. The van der Waals surface area contributed by atoms with E-state index < -0.39 is 0 Å². The van der Waals surface area contributed by atoms with Crippen LogP contribution in [0.5, 0.6) is 0 Å². The number of hydrogen-bond acceptors (Lipinski definition) is 0. The van der Waals surface area contributed by atoms with Crippen LogP contribution >= 0.6 is 0 Å². The van der Waals surface area contributed by atoms with Gasteiger partial charge in [0.15, 0.2) is 0 Å². The molecule has 0 heterocycles. The predicted octanol–water partition coefficient (Wildman–Crippen LogP) is 2.14. The molecule has 0 aliphatic carbocycles. The van der Waals surface area contributed by atoms with Crippen molar-refractivity contribution in [2.75, 3.05) is 0 Å². The topological polar surface area (TPSA) is 0 Å². The van der Waals surface area contributed by atoms with E-state index in [4.69, 9.17) is 0 Å². The van der Waals surface area contributed by atoms with Gasteiger partial charge in [-0.1, -0.05) is 13.3 Å². The largest absolute Gasteiger partial charge is 0.358 e. The van der Waals surface area contributed by atoms with Crippen molar-refractivity contribution in [3.63, 3.8) is 0 Å². The van der Waals surface area contributed by atoms with Crippen molar-refractivity contribution in [1.82, 2.24) is 0 Å². The van der Waals surface area contributed by atoms with Crippen LogP contribution in [-0.2, 0) is 19.5 Å². The summed E-state index contributed by atoms with van der Waals surface area (Å²) in [6.45, 7) is 5.72. The number of unbranched alkanes of at least 4 members (excludes halogenated alkanes) is 1. The fourth-order valence-corrected chi connectivity index (χ4v) is 0. The zero-order chi connectivity index (χ0) is 3.41. The second-order valence-corrected chi connectivity index (χ2v) is 0.854. The van der Waals surface area contributed by atoms with Gasteiger partial charge >= 0.3 is 0 Å². The van der Waals surface area contributed by atoms with Crippen molar-refractivity contribution in [2.24, 2.45) is 0 Å². The van der Waals surface area contributed by atoms with E-state index in [-0.39, 0.29) is 53.2 Å². The maximum Gasteiger partial charge on any atom is 0 e. The molecular weight excluding hydrogens is 144 g/mol. The first-order valence-corrected chi connectivity index (χ1v) is 1.71. The predicted molar refractivity (Wildman–Crippen MR) is 38.8 cm³/mol. The van der Waals surface area contributed by atoms with E-state index in [2.05, 4.69) is 13.8 Å². The average Bonchev–Trinajstić information content (AvgIpc) is 1.37. The molecule has 0 aromatic carbocycles. The van der Waals surface area contributed by atoms with E-state index in [1.54, 1.807) is 0 Å². The molecule has 0 spiro atoms. The summed E-state index contributed by atoms with van der Waals surface area (Å²) < 4.78 is 0. The van der Waals surface area contributed by atoms with Gasteiger partial charge in [-0.3, -0.25) is 0 Å². The summed E-state index contributed by atoms with van der Waals surface area (Å²) >= 11 is 0. The number of hydrogen-bond donors (Lipinski definition) is 0. The molecule has 0 aromatic rings. The van der Waals surface area contributed by atoms with E-state index in [0.717, 1.165) is 6.42 Å². The van der Waals surface area contributed by atoms with Gasteiger partial charge in [0.2, 0.25) is 0 Å². The van der Waals surface area contributed by atoms with Crippen LogP contribution in [0.4, 0.5) is 0 Å². The molecule has 8 heavy (non-hydrogen) atoms. The summed E-state index contributed by atoms with van der Waals surface area (Å²) in [5, 5.41) is 0. The Balaban J connectivity index is -0.00000000750. The molecule has 45 valence electrons. The molecule has 0 nitrogen and oxygen atoms in total. The van der Waals surface area contributed by atoms with Crippen molar-refractivity contribution in [2.45, 2.75) is 19.8 Å². The Labute approximate surface area is 79.8 Å². The summed E-state index contributed by atoms with van der Waals surface area (Å²) in [6, 6.07) is 0. The van der Waals surface area contributed by atoms with Gasteiger partial charge in [-0.2, -0.15) is 6.42 Å². The fourth-order valence-electron chi connectivity index (χ4n) is 0. The Hall–Kier alpha value is 1.22. The van der Waals surface area contributed by atoms with Gasteiger partial charge in [0.05, 0.1) is 0 Å². The Bertz CT molecular complexity index is 10.5. The van der Waals surface area contributed by atoms with Crippen LogP contribution in [0, 0.1) is 21.8 Å². The molecule has 0 saturated heterocycles. The van der Waals surface area contributed by atoms with Crippen molar-refractivity contribution >= 4 is 18.9 Å². The smallest absolute Gasteiger partial charge is 0 e. The van der Waals surface area contributed by atoms with Gasteiger partial charge in [-0.15, -0.1) is 0 Å². The van der Waals surface area contributed by atoms with Crippen LogP contribution in [0.15, 0.2) is 0 Å². The third-order valence-corrected chi connectivity index (χ3v) is 0.354. The van der Waals surface area contributed by atoms with Crippen molar-refractivity contribution in [3.05, 3.63) is 21.8 Å². The van der Waals surface area contributed by atoms with Gasteiger partial charge in [0.1, 0.15) is 0 Å². The molecule has 0 aromatic heterocycles. The van der Waals surface area contributed by atoms with Crippen molar-refractivity contribution in [1.29, 1.82) is 0 Å². The van der Waals surface area contributed by atoms with Crippen LogP contribution in [0.25, 0.3) is 0 Å².